The predicted molar refractivity (Wildman–Crippen MR) is 110 cm³/mol. The molecule has 3 N–H and O–H groups in total. The summed E-state index contributed by atoms with van der Waals surface area (Å²) in [6.07, 6.45) is 5.49. The highest BCUT2D eigenvalue weighted by molar-refractivity contribution is 5.87. The minimum absolute atomic E-state index is 0.755. The molecule has 0 unspecified atom stereocenters. The van der Waals surface area contributed by atoms with E-state index in [-0.39, 0.29) is 0 Å². The molecular formula is C22H17N5O. The van der Waals surface area contributed by atoms with Gasteiger partial charge in [-0.25, -0.2) is 4.98 Å². The van der Waals surface area contributed by atoms with Crippen LogP contribution in [0.2, 0.25) is 0 Å². The second kappa shape index (κ2) is 6.92. The number of ether oxygens (including phenoxy) is 1. The van der Waals surface area contributed by atoms with Crippen LogP contribution in [0.4, 0.5) is 11.5 Å². The van der Waals surface area contributed by atoms with E-state index in [9.17, 15) is 0 Å². The van der Waals surface area contributed by atoms with Crippen molar-refractivity contribution in [3.05, 3.63) is 85.3 Å². The van der Waals surface area contributed by atoms with E-state index in [1.165, 1.54) is 0 Å². The minimum Gasteiger partial charge on any atom is -0.457 e. The van der Waals surface area contributed by atoms with Crippen LogP contribution in [-0.2, 0) is 0 Å². The molecule has 0 saturated carbocycles. The molecule has 28 heavy (non-hydrogen) atoms. The predicted octanol–water partition coefficient (Wildman–Crippen LogP) is 5.49. The van der Waals surface area contributed by atoms with Crippen molar-refractivity contribution in [1.29, 1.82) is 0 Å². The highest BCUT2D eigenvalue weighted by atomic mass is 16.5. The second-order valence-electron chi connectivity index (χ2n) is 6.39. The second-order valence-corrected chi connectivity index (χ2v) is 6.39. The quantitative estimate of drug-likeness (QED) is 0.384. The van der Waals surface area contributed by atoms with Gasteiger partial charge in [-0.15, -0.1) is 0 Å². The Labute approximate surface area is 161 Å². The largest absolute Gasteiger partial charge is 0.457 e. The monoisotopic (exact) mass is 367 g/mol. The fraction of sp³-hybridized carbons (Fsp3) is 0. The molecule has 0 fully saturated rings. The average Bonchev–Trinajstić information content (AvgIpc) is 3.38. The van der Waals surface area contributed by atoms with Crippen LogP contribution in [0, 0.1) is 0 Å². The van der Waals surface area contributed by atoms with Crippen LogP contribution >= 0.6 is 0 Å². The molecule has 2 aromatic carbocycles. The van der Waals surface area contributed by atoms with Crippen molar-refractivity contribution in [2.75, 3.05) is 5.32 Å². The van der Waals surface area contributed by atoms with Gasteiger partial charge in [0.15, 0.2) is 0 Å². The van der Waals surface area contributed by atoms with Gasteiger partial charge in [-0.05, 0) is 30.3 Å². The van der Waals surface area contributed by atoms with Gasteiger partial charge in [-0.3, -0.25) is 5.10 Å². The maximum atomic E-state index is 5.90. The number of benzene rings is 2. The van der Waals surface area contributed by atoms with E-state index in [2.05, 4.69) is 31.5 Å². The van der Waals surface area contributed by atoms with Crippen molar-refractivity contribution in [3.63, 3.8) is 0 Å². The van der Waals surface area contributed by atoms with Crippen LogP contribution in [0.1, 0.15) is 0 Å². The molecule has 0 aliphatic rings. The third-order valence-electron chi connectivity index (χ3n) is 4.40. The lowest BCUT2D eigenvalue weighted by molar-refractivity contribution is 0.483. The molecule has 5 aromatic rings. The summed E-state index contributed by atoms with van der Waals surface area (Å²) in [7, 11) is 0. The van der Waals surface area contributed by atoms with Gasteiger partial charge in [0, 0.05) is 46.9 Å². The van der Waals surface area contributed by atoms with Gasteiger partial charge in [-0.1, -0.05) is 24.3 Å². The smallest absolute Gasteiger partial charge is 0.132 e. The zero-order valence-corrected chi connectivity index (χ0v) is 14.9. The molecule has 0 spiro atoms. The topological polar surface area (TPSA) is 78.6 Å². The first-order chi connectivity index (χ1) is 13.8. The number of anilines is 2. The first-order valence-corrected chi connectivity index (χ1v) is 8.91. The Hall–Kier alpha value is -4.06. The van der Waals surface area contributed by atoms with E-state index >= 15 is 0 Å². The lowest BCUT2D eigenvalue weighted by Gasteiger charge is -2.09. The van der Waals surface area contributed by atoms with E-state index in [1.807, 2.05) is 73.1 Å². The third kappa shape index (κ3) is 3.31. The van der Waals surface area contributed by atoms with Gasteiger partial charge >= 0.3 is 0 Å². The number of hydrogen-bond acceptors (Lipinski definition) is 4. The lowest BCUT2D eigenvalue weighted by Crippen LogP contribution is -1.93. The molecule has 136 valence electrons. The summed E-state index contributed by atoms with van der Waals surface area (Å²) >= 11 is 0. The molecule has 0 radical (unpaired) electrons. The molecule has 0 saturated heterocycles. The van der Waals surface area contributed by atoms with E-state index in [1.54, 1.807) is 6.20 Å². The number of aromatic nitrogens is 4. The van der Waals surface area contributed by atoms with Gasteiger partial charge in [0.05, 0.1) is 11.7 Å². The molecule has 0 aliphatic carbocycles. The Morgan fingerprint density at radius 2 is 1.75 bits per heavy atom. The fourth-order valence-electron chi connectivity index (χ4n) is 3.06. The minimum atomic E-state index is 0.755. The summed E-state index contributed by atoms with van der Waals surface area (Å²) in [5.41, 5.74) is 3.92. The number of hydrogen-bond donors (Lipinski definition) is 3. The van der Waals surface area contributed by atoms with E-state index in [0.29, 0.717) is 0 Å². The van der Waals surface area contributed by atoms with Crippen LogP contribution in [0.15, 0.2) is 85.3 Å². The Bertz CT molecular complexity index is 1210. The molecule has 0 amide bonds. The molecule has 5 rings (SSSR count). The Kier molecular flexibility index (Phi) is 3.99. The zero-order valence-electron chi connectivity index (χ0n) is 14.9. The highest BCUT2D eigenvalue weighted by Crippen LogP contribution is 2.27. The summed E-state index contributed by atoms with van der Waals surface area (Å²) in [6.45, 7) is 0. The molecule has 3 aromatic heterocycles. The number of nitrogens with zero attached hydrogens (tertiary/aromatic N) is 2. The highest BCUT2D eigenvalue weighted by Gasteiger charge is 2.07. The first kappa shape index (κ1) is 16.1. The Balaban J connectivity index is 1.38. The van der Waals surface area contributed by atoms with Gasteiger partial charge in [0.2, 0.25) is 0 Å². The van der Waals surface area contributed by atoms with Crippen molar-refractivity contribution in [2.24, 2.45) is 0 Å². The lowest BCUT2D eigenvalue weighted by atomic mass is 10.2. The van der Waals surface area contributed by atoms with Gasteiger partial charge in [-0.2, -0.15) is 5.10 Å². The van der Waals surface area contributed by atoms with Crippen molar-refractivity contribution in [3.8, 4) is 22.8 Å². The maximum absolute atomic E-state index is 5.90. The van der Waals surface area contributed by atoms with E-state index in [4.69, 9.17) is 4.74 Å². The number of H-pyrrole nitrogens is 2. The number of para-hydroxylation sites is 1. The van der Waals surface area contributed by atoms with Gasteiger partial charge < -0.3 is 15.0 Å². The normalized spacial score (nSPS) is 10.9. The SMILES string of the molecule is c1ccc(Oc2cccc(Nc3cc4[nH]c(-c5cn[nH]c5)cc4cn3)c2)cc1. The van der Waals surface area contributed by atoms with Crippen molar-refractivity contribution < 1.29 is 4.74 Å². The fourth-order valence-corrected chi connectivity index (χ4v) is 3.06. The molecule has 6 nitrogen and oxygen atoms in total. The van der Waals surface area contributed by atoms with Crippen molar-refractivity contribution in [2.45, 2.75) is 0 Å². The average molecular weight is 367 g/mol. The van der Waals surface area contributed by atoms with Crippen LogP contribution in [0.5, 0.6) is 11.5 Å². The first-order valence-electron chi connectivity index (χ1n) is 8.91. The summed E-state index contributed by atoms with van der Waals surface area (Å²) in [5.74, 6) is 2.32. The molecular weight excluding hydrogens is 350 g/mol. The van der Waals surface area contributed by atoms with Gasteiger partial charge in [0.25, 0.3) is 0 Å². The molecule has 0 aliphatic heterocycles. The Morgan fingerprint density at radius 1 is 0.857 bits per heavy atom. The van der Waals surface area contributed by atoms with Crippen LogP contribution in [-0.4, -0.2) is 20.2 Å². The molecule has 6 heteroatoms. The van der Waals surface area contributed by atoms with Crippen LogP contribution in [0.3, 0.4) is 0 Å². The van der Waals surface area contributed by atoms with Crippen LogP contribution in [0.25, 0.3) is 22.2 Å². The van der Waals surface area contributed by atoms with Crippen LogP contribution < -0.4 is 10.1 Å². The summed E-state index contributed by atoms with van der Waals surface area (Å²) in [6, 6.07) is 21.6. The summed E-state index contributed by atoms with van der Waals surface area (Å²) in [5, 5.41) is 11.2. The molecule has 0 atom stereocenters. The summed E-state index contributed by atoms with van der Waals surface area (Å²) in [4.78, 5) is 7.92. The zero-order chi connectivity index (χ0) is 18.8. The van der Waals surface area contributed by atoms with E-state index in [0.717, 1.165) is 45.2 Å². The summed E-state index contributed by atoms with van der Waals surface area (Å²) < 4.78 is 5.90. The third-order valence-corrected chi connectivity index (χ3v) is 4.40. The standard InChI is InChI=1S/C22H17N5O/c1-2-6-18(7-3-1)28-19-8-4-5-17(10-19)26-22-11-21-15(12-23-22)9-20(27-21)16-13-24-25-14-16/h1-14,27H,(H,23,26)(H,24,25). The molecule has 3 heterocycles. The van der Waals surface area contributed by atoms with E-state index < -0.39 is 0 Å². The van der Waals surface area contributed by atoms with Gasteiger partial charge in [0.1, 0.15) is 17.3 Å². The number of aromatic amines is 2. The number of fused-ring (bicyclic) bond motifs is 1. The number of rotatable bonds is 5. The number of pyridine rings is 1. The Morgan fingerprint density at radius 3 is 2.61 bits per heavy atom. The number of nitrogens with one attached hydrogen (secondary N) is 3. The van der Waals surface area contributed by atoms with Crippen molar-refractivity contribution >= 4 is 22.4 Å². The molecule has 0 bridgehead atoms. The maximum Gasteiger partial charge on any atom is 0.132 e. The van der Waals surface area contributed by atoms with Crippen molar-refractivity contribution in [1.82, 2.24) is 20.2 Å².